The highest BCUT2D eigenvalue weighted by molar-refractivity contribution is 5.77. The van der Waals surface area contributed by atoms with E-state index in [1.165, 1.54) is 0 Å². The molecule has 1 rings (SSSR count). The van der Waals surface area contributed by atoms with Crippen LogP contribution in [-0.2, 0) is 11.3 Å². The number of aryl methyl sites for hydroxylation is 1. The van der Waals surface area contributed by atoms with E-state index in [0.717, 1.165) is 5.69 Å². The molecule has 7 heteroatoms. The second-order valence-corrected chi connectivity index (χ2v) is 4.87. The third-order valence-corrected chi connectivity index (χ3v) is 2.53. The van der Waals surface area contributed by atoms with Crippen molar-refractivity contribution in [2.45, 2.75) is 27.3 Å². The average Bonchev–Trinajstić information content (AvgIpc) is 2.35. The van der Waals surface area contributed by atoms with Gasteiger partial charge in [0.15, 0.2) is 0 Å². The maximum Gasteiger partial charge on any atom is 0.315 e. The Kier molecular flexibility index (Phi) is 4.80. The van der Waals surface area contributed by atoms with Gasteiger partial charge in [0.2, 0.25) is 0 Å². The molecular weight excluding hydrogens is 248 g/mol. The van der Waals surface area contributed by atoms with Gasteiger partial charge in [-0.1, -0.05) is 0 Å². The molecule has 0 atom stereocenters. The number of nitrogens with one attached hydrogen (secondary N) is 2. The van der Waals surface area contributed by atoms with Crippen LogP contribution in [0.25, 0.3) is 0 Å². The summed E-state index contributed by atoms with van der Waals surface area (Å²) >= 11 is 0. The second kappa shape index (κ2) is 6.12. The van der Waals surface area contributed by atoms with E-state index in [4.69, 9.17) is 5.11 Å². The van der Waals surface area contributed by atoms with Crippen molar-refractivity contribution >= 4 is 12.0 Å². The molecule has 1 heterocycles. The first-order valence-electron chi connectivity index (χ1n) is 5.84. The minimum Gasteiger partial charge on any atom is -0.481 e. The van der Waals surface area contributed by atoms with Gasteiger partial charge in [0.05, 0.1) is 29.5 Å². The van der Waals surface area contributed by atoms with E-state index < -0.39 is 17.4 Å². The van der Waals surface area contributed by atoms with Crippen LogP contribution >= 0.6 is 0 Å². The maximum absolute atomic E-state index is 11.5. The molecule has 0 aliphatic heterocycles. The summed E-state index contributed by atoms with van der Waals surface area (Å²) in [6.45, 7) is 5.20. The highest BCUT2D eigenvalue weighted by Gasteiger charge is 2.27. The summed E-state index contributed by atoms with van der Waals surface area (Å²) in [4.78, 5) is 30.5. The quantitative estimate of drug-likeness (QED) is 0.727. The smallest absolute Gasteiger partial charge is 0.315 e. The Morgan fingerprint density at radius 2 is 1.95 bits per heavy atom. The number of hydrogen-bond acceptors (Lipinski definition) is 4. The Balaban J connectivity index is 2.36. The van der Waals surface area contributed by atoms with E-state index >= 15 is 0 Å². The Labute approximate surface area is 111 Å². The van der Waals surface area contributed by atoms with E-state index in [1.54, 1.807) is 26.2 Å². The monoisotopic (exact) mass is 266 g/mol. The number of amides is 2. The third-order valence-electron chi connectivity index (χ3n) is 2.53. The molecule has 0 saturated carbocycles. The van der Waals surface area contributed by atoms with Crippen LogP contribution in [0.1, 0.15) is 25.2 Å². The molecule has 0 aliphatic rings. The summed E-state index contributed by atoms with van der Waals surface area (Å²) in [7, 11) is 0. The molecule has 0 unspecified atom stereocenters. The predicted octanol–water partition coefficient (Wildman–Crippen LogP) is 0.695. The van der Waals surface area contributed by atoms with Crippen LogP contribution in [-0.4, -0.2) is 33.6 Å². The highest BCUT2D eigenvalue weighted by Crippen LogP contribution is 2.12. The number of urea groups is 1. The number of carboxylic acid groups (broad SMARTS) is 1. The lowest BCUT2D eigenvalue weighted by Crippen LogP contribution is -2.43. The fraction of sp³-hybridized carbons (Fsp3) is 0.500. The van der Waals surface area contributed by atoms with Gasteiger partial charge in [-0.2, -0.15) is 0 Å². The van der Waals surface area contributed by atoms with Crippen molar-refractivity contribution in [3.05, 3.63) is 23.8 Å². The van der Waals surface area contributed by atoms with Gasteiger partial charge in [-0.3, -0.25) is 14.8 Å². The summed E-state index contributed by atoms with van der Waals surface area (Å²) < 4.78 is 0. The number of aromatic nitrogens is 2. The van der Waals surface area contributed by atoms with Crippen LogP contribution < -0.4 is 10.6 Å². The standard InChI is InChI=1S/C12H18N4O3/c1-8-4-14-9(5-13-8)6-15-11(19)16-7-12(2,3)10(17)18/h4-5H,6-7H2,1-3H3,(H,17,18)(H2,15,16,19). The normalized spacial score (nSPS) is 10.9. The molecule has 0 aromatic carbocycles. The number of aliphatic carboxylic acids is 1. The molecule has 3 N–H and O–H groups in total. The van der Waals surface area contributed by atoms with Gasteiger partial charge in [0.1, 0.15) is 0 Å². The zero-order valence-corrected chi connectivity index (χ0v) is 11.2. The molecule has 0 spiro atoms. The van der Waals surface area contributed by atoms with Crippen LogP contribution in [0, 0.1) is 12.3 Å². The number of carbonyl (C=O) groups is 2. The van der Waals surface area contributed by atoms with E-state index in [0.29, 0.717) is 5.69 Å². The Morgan fingerprint density at radius 1 is 1.26 bits per heavy atom. The van der Waals surface area contributed by atoms with E-state index in [2.05, 4.69) is 20.6 Å². The van der Waals surface area contributed by atoms with Gasteiger partial charge in [-0.25, -0.2) is 4.79 Å². The molecule has 0 saturated heterocycles. The SMILES string of the molecule is Cc1cnc(CNC(=O)NCC(C)(C)C(=O)O)cn1. The lowest BCUT2D eigenvalue weighted by atomic mass is 9.94. The average molecular weight is 266 g/mol. The first kappa shape index (κ1) is 14.9. The van der Waals surface area contributed by atoms with Gasteiger partial charge in [0.25, 0.3) is 0 Å². The lowest BCUT2D eigenvalue weighted by Gasteiger charge is -2.19. The van der Waals surface area contributed by atoms with Crippen molar-refractivity contribution in [2.24, 2.45) is 5.41 Å². The van der Waals surface area contributed by atoms with Crippen molar-refractivity contribution in [3.8, 4) is 0 Å². The zero-order valence-electron chi connectivity index (χ0n) is 11.2. The van der Waals surface area contributed by atoms with Crippen LogP contribution in [0.2, 0.25) is 0 Å². The van der Waals surface area contributed by atoms with Crippen molar-refractivity contribution in [2.75, 3.05) is 6.54 Å². The van der Waals surface area contributed by atoms with Crippen LogP contribution in [0.4, 0.5) is 4.79 Å². The molecule has 104 valence electrons. The van der Waals surface area contributed by atoms with Crippen LogP contribution in [0.15, 0.2) is 12.4 Å². The van der Waals surface area contributed by atoms with Crippen LogP contribution in [0.3, 0.4) is 0 Å². The number of carbonyl (C=O) groups excluding carboxylic acids is 1. The first-order valence-corrected chi connectivity index (χ1v) is 5.84. The number of carboxylic acids is 1. The summed E-state index contributed by atoms with van der Waals surface area (Å²) in [6.07, 6.45) is 3.19. The van der Waals surface area contributed by atoms with E-state index in [9.17, 15) is 9.59 Å². The molecule has 0 radical (unpaired) electrons. The van der Waals surface area contributed by atoms with E-state index in [1.807, 2.05) is 6.92 Å². The van der Waals surface area contributed by atoms with Gasteiger partial charge in [0, 0.05) is 12.7 Å². The molecule has 0 bridgehead atoms. The minimum absolute atomic E-state index is 0.0493. The Hall–Kier alpha value is -2.18. The summed E-state index contributed by atoms with van der Waals surface area (Å²) in [6, 6.07) is -0.434. The van der Waals surface area contributed by atoms with Gasteiger partial charge >= 0.3 is 12.0 Å². The van der Waals surface area contributed by atoms with Crippen molar-refractivity contribution < 1.29 is 14.7 Å². The van der Waals surface area contributed by atoms with Crippen molar-refractivity contribution in [1.82, 2.24) is 20.6 Å². The molecule has 2 amide bonds. The third kappa shape index (κ3) is 4.90. The van der Waals surface area contributed by atoms with Gasteiger partial charge in [-0.15, -0.1) is 0 Å². The van der Waals surface area contributed by atoms with E-state index in [-0.39, 0.29) is 13.1 Å². The van der Waals surface area contributed by atoms with Crippen molar-refractivity contribution in [1.29, 1.82) is 0 Å². The lowest BCUT2D eigenvalue weighted by molar-refractivity contribution is -0.146. The second-order valence-electron chi connectivity index (χ2n) is 4.87. The predicted molar refractivity (Wildman–Crippen MR) is 68.4 cm³/mol. The molecule has 7 nitrogen and oxygen atoms in total. The van der Waals surface area contributed by atoms with Gasteiger partial charge < -0.3 is 15.7 Å². The number of hydrogen-bond donors (Lipinski definition) is 3. The minimum atomic E-state index is -0.999. The highest BCUT2D eigenvalue weighted by atomic mass is 16.4. The largest absolute Gasteiger partial charge is 0.481 e. The number of rotatable bonds is 5. The Morgan fingerprint density at radius 3 is 2.47 bits per heavy atom. The molecular formula is C12H18N4O3. The summed E-state index contributed by atoms with van der Waals surface area (Å²) in [5.41, 5.74) is 0.440. The molecule has 0 aliphatic carbocycles. The zero-order chi connectivity index (χ0) is 14.5. The van der Waals surface area contributed by atoms with Crippen molar-refractivity contribution in [3.63, 3.8) is 0 Å². The number of nitrogens with zero attached hydrogens (tertiary/aromatic N) is 2. The van der Waals surface area contributed by atoms with Crippen LogP contribution in [0.5, 0.6) is 0 Å². The molecule has 1 aromatic rings. The summed E-state index contributed by atoms with van der Waals surface area (Å²) in [5, 5.41) is 14.0. The fourth-order valence-corrected chi connectivity index (χ4v) is 1.12. The van der Waals surface area contributed by atoms with Gasteiger partial charge in [-0.05, 0) is 20.8 Å². The first-order chi connectivity index (χ1) is 8.81. The maximum atomic E-state index is 11.5. The topological polar surface area (TPSA) is 104 Å². The molecule has 19 heavy (non-hydrogen) atoms. The Bertz CT molecular complexity index is 457. The molecule has 1 aromatic heterocycles. The summed E-state index contributed by atoms with van der Waals surface area (Å²) in [5.74, 6) is -0.961. The molecule has 0 fully saturated rings. The fourth-order valence-electron chi connectivity index (χ4n) is 1.12.